The number of pyridine rings is 1. The highest BCUT2D eigenvalue weighted by molar-refractivity contribution is 6.02. The van der Waals surface area contributed by atoms with Crippen molar-refractivity contribution in [3.63, 3.8) is 0 Å². The van der Waals surface area contributed by atoms with Crippen LogP contribution in [0, 0.1) is 0 Å². The van der Waals surface area contributed by atoms with Crippen LogP contribution < -0.4 is 20.7 Å². The van der Waals surface area contributed by atoms with Gasteiger partial charge in [-0.15, -0.1) is 0 Å². The molecule has 1 aliphatic rings. The average Bonchev–Trinajstić information content (AvgIpc) is 2.94. The number of hydrogen-bond acceptors (Lipinski definition) is 4. The molecule has 2 heterocycles. The van der Waals surface area contributed by atoms with Gasteiger partial charge in [0.2, 0.25) is 5.91 Å². The van der Waals surface area contributed by atoms with Gasteiger partial charge >= 0.3 is 12.6 Å². The Morgan fingerprint density at radius 3 is 2.92 bits per heavy atom. The molecular formula is C15H14F2N4O3. The molecular weight excluding hydrogens is 322 g/mol. The van der Waals surface area contributed by atoms with Crippen LogP contribution in [0.3, 0.4) is 0 Å². The lowest BCUT2D eigenvalue weighted by Crippen LogP contribution is -2.39. The number of hydrogen-bond donors (Lipinski definition) is 3. The smallest absolute Gasteiger partial charge is 0.387 e. The highest BCUT2D eigenvalue weighted by atomic mass is 19.3. The normalized spacial score (nSPS) is 17.0. The minimum atomic E-state index is -2.96. The van der Waals surface area contributed by atoms with Crippen molar-refractivity contribution in [2.24, 2.45) is 0 Å². The maximum absolute atomic E-state index is 12.5. The quantitative estimate of drug-likeness (QED) is 0.794. The molecule has 0 aliphatic carbocycles. The molecule has 3 amide bonds. The number of amides is 3. The number of carbonyl (C=O) groups excluding carboxylic acids is 2. The van der Waals surface area contributed by atoms with Gasteiger partial charge in [-0.1, -0.05) is 0 Å². The van der Waals surface area contributed by atoms with E-state index in [0.717, 1.165) is 0 Å². The van der Waals surface area contributed by atoms with Crippen molar-refractivity contribution in [2.75, 3.05) is 11.9 Å². The van der Waals surface area contributed by atoms with E-state index in [0.29, 0.717) is 23.1 Å². The summed E-state index contributed by atoms with van der Waals surface area (Å²) in [6, 6.07) is 5.13. The van der Waals surface area contributed by atoms with E-state index in [1.807, 2.05) is 0 Å². The third-order valence-electron chi connectivity index (χ3n) is 3.51. The molecule has 9 heteroatoms. The average molecular weight is 336 g/mol. The van der Waals surface area contributed by atoms with Crippen molar-refractivity contribution in [1.82, 2.24) is 15.6 Å². The predicted molar refractivity (Wildman–Crippen MR) is 81.9 cm³/mol. The number of carbonyl (C=O) groups is 2. The summed E-state index contributed by atoms with van der Waals surface area (Å²) < 4.78 is 29.4. The van der Waals surface area contributed by atoms with Gasteiger partial charge in [0, 0.05) is 24.5 Å². The fourth-order valence-corrected chi connectivity index (χ4v) is 2.50. The van der Waals surface area contributed by atoms with Crippen LogP contribution in [0.25, 0.3) is 10.9 Å². The predicted octanol–water partition coefficient (Wildman–Crippen LogP) is 1.85. The van der Waals surface area contributed by atoms with E-state index < -0.39 is 12.6 Å². The van der Waals surface area contributed by atoms with Crippen molar-refractivity contribution in [3.05, 3.63) is 30.5 Å². The molecule has 1 atom stereocenters. The van der Waals surface area contributed by atoms with Gasteiger partial charge in [0.05, 0.1) is 17.2 Å². The molecule has 1 aromatic heterocycles. The van der Waals surface area contributed by atoms with E-state index in [9.17, 15) is 18.4 Å². The van der Waals surface area contributed by atoms with Crippen LogP contribution in [0.15, 0.2) is 30.5 Å². The Morgan fingerprint density at radius 1 is 1.38 bits per heavy atom. The summed E-state index contributed by atoms with van der Waals surface area (Å²) in [6.07, 6.45) is 1.70. The van der Waals surface area contributed by atoms with E-state index in [1.54, 1.807) is 12.1 Å². The third kappa shape index (κ3) is 3.50. The number of ether oxygens (including phenoxy) is 1. The number of aromatic nitrogens is 1. The molecule has 24 heavy (non-hydrogen) atoms. The number of benzene rings is 1. The number of halogens is 2. The molecule has 1 aromatic carbocycles. The summed E-state index contributed by atoms with van der Waals surface area (Å²) in [7, 11) is 0. The molecule has 3 rings (SSSR count). The molecule has 7 nitrogen and oxygen atoms in total. The molecule has 1 aliphatic heterocycles. The van der Waals surface area contributed by atoms with E-state index in [4.69, 9.17) is 0 Å². The summed E-state index contributed by atoms with van der Waals surface area (Å²) in [6.45, 7) is -2.59. The van der Waals surface area contributed by atoms with Gasteiger partial charge in [-0.2, -0.15) is 8.78 Å². The molecule has 2 aromatic rings. The molecule has 1 fully saturated rings. The Kier molecular flexibility index (Phi) is 4.41. The first-order valence-electron chi connectivity index (χ1n) is 7.19. The maximum atomic E-state index is 12.5. The maximum Gasteiger partial charge on any atom is 0.387 e. The second kappa shape index (κ2) is 6.65. The molecule has 0 spiro atoms. The zero-order valence-corrected chi connectivity index (χ0v) is 12.4. The second-order valence-electron chi connectivity index (χ2n) is 5.19. The number of alkyl halides is 2. The number of nitrogens with one attached hydrogen (secondary N) is 3. The fraction of sp³-hybridized carbons (Fsp3) is 0.267. The van der Waals surface area contributed by atoms with Crippen molar-refractivity contribution < 1.29 is 23.1 Å². The molecule has 0 saturated carbocycles. The first-order valence-corrected chi connectivity index (χ1v) is 7.19. The first-order chi connectivity index (χ1) is 11.5. The number of rotatable bonds is 4. The van der Waals surface area contributed by atoms with Crippen molar-refractivity contribution in [3.8, 4) is 5.75 Å². The van der Waals surface area contributed by atoms with Gasteiger partial charge in [0.25, 0.3) is 0 Å². The molecule has 0 radical (unpaired) electrons. The lowest BCUT2D eigenvalue weighted by Gasteiger charge is -2.14. The monoisotopic (exact) mass is 336 g/mol. The van der Waals surface area contributed by atoms with Crippen LogP contribution in [0.4, 0.5) is 19.3 Å². The second-order valence-corrected chi connectivity index (χ2v) is 5.19. The van der Waals surface area contributed by atoms with Crippen molar-refractivity contribution in [2.45, 2.75) is 19.1 Å². The van der Waals surface area contributed by atoms with Crippen LogP contribution >= 0.6 is 0 Å². The number of urea groups is 1. The number of anilines is 1. The SMILES string of the molecule is O=C1CC(NC(=O)Nc2ccc(OC(F)F)c3cccnc23)CN1. The molecule has 126 valence electrons. The number of nitrogens with zero attached hydrogens (tertiary/aromatic N) is 1. The summed E-state index contributed by atoms with van der Waals surface area (Å²) in [5, 5.41) is 8.24. The Morgan fingerprint density at radius 2 is 2.21 bits per heavy atom. The van der Waals surface area contributed by atoms with Gasteiger partial charge < -0.3 is 20.7 Å². The molecule has 1 unspecified atom stereocenters. The first kappa shape index (κ1) is 15.9. The van der Waals surface area contributed by atoms with E-state index >= 15 is 0 Å². The van der Waals surface area contributed by atoms with Crippen LogP contribution in [0.2, 0.25) is 0 Å². The standard InChI is InChI=1S/C15H14F2N4O3/c16-14(17)24-11-4-3-10(13-9(11)2-1-5-18-13)21-15(23)20-8-6-12(22)19-7-8/h1-5,8,14H,6-7H2,(H,19,22)(H2,20,21,23). The zero-order valence-electron chi connectivity index (χ0n) is 12.4. The van der Waals surface area contributed by atoms with Gasteiger partial charge in [0.15, 0.2) is 0 Å². The van der Waals surface area contributed by atoms with E-state index in [2.05, 4.69) is 25.7 Å². The Hall–Kier alpha value is -2.97. The lowest BCUT2D eigenvalue weighted by molar-refractivity contribution is -0.119. The highest BCUT2D eigenvalue weighted by Crippen LogP contribution is 2.31. The van der Waals surface area contributed by atoms with Gasteiger partial charge in [0.1, 0.15) is 5.75 Å². The van der Waals surface area contributed by atoms with Crippen LogP contribution in [0.5, 0.6) is 5.75 Å². The summed E-state index contributed by atoms with van der Waals surface area (Å²) in [5.74, 6) is -0.148. The Labute approximate surface area is 135 Å². The summed E-state index contributed by atoms with van der Waals surface area (Å²) in [4.78, 5) is 27.3. The zero-order chi connectivity index (χ0) is 17.1. The lowest BCUT2D eigenvalue weighted by atomic mass is 10.1. The Bertz CT molecular complexity index is 784. The summed E-state index contributed by atoms with van der Waals surface area (Å²) >= 11 is 0. The van der Waals surface area contributed by atoms with Crippen LogP contribution in [-0.2, 0) is 4.79 Å². The topological polar surface area (TPSA) is 92.4 Å². The van der Waals surface area contributed by atoms with Crippen LogP contribution in [-0.4, -0.2) is 36.1 Å². The van der Waals surface area contributed by atoms with Gasteiger partial charge in [-0.3, -0.25) is 9.78 Å². The fourth-order valence-electron chi connectivity index (χ4n) is 2.50. The van der Waals surface area contributed by atoms with Gasteiger partial charge in [-0.25, -0.2) is 4.79 Å². The number of fused-ring (bicyclic) bond motifs is 1. The van der Waals surface area contributed by atoms with Crippen molar-refractivity contribution in [1.29, 1.82) is 0 Å². The summed E-state index contributed by atoms with van der Waals surface area (Å²) in [5.41, 5.74) is 0.674. The molecule has 1 saturated heterocycles. The minimum absolute atomic E-state index is 0.0235. The highest BCUT2D eigenvalue weighted by Gasteiger charge is 2.23. The van der Waals surface area contributed by atoms with Crippen LogP contribution in [0.1, 0.15) is 6.42 Å². The Balaban J connectivity index is 1.79. The third-order valence-corrected chi connectivity index (χ3v) is 3.51. The largest absolute Gasteiger partial charge is 0.434 e. The van der Waals surface area contributed by atoms with E-state index in [-0.39, 0.29) is 24.1 Å². The van der Waals surface area contributed by atoms with Gasteiger partial charge in [-0.05, 0) is 24.3 Å². The molecule has 0 bridgehead atoms. The van der Waals surface area contributed by atoms with E-state index in [1.165, 1.54) is 18.3 Å². The minimum Gasteiger partial charge on any atom is -0.434 e. The van der Waals surface area contributed by atoms with Crippen molar-refractivity contribution >= 4 is 28.5 Å². The molecule has 3 N–H and O–H groups in total.